The Morgan fingerprint density at radius 3 is 2.67 bits per heavy atom. The summed E-state index contributed by atoms with van der Waals surface area (Å²) in [5.41, 5.74) is 3.59. The van der Waals surface area contributed by atoms with Gasteiger partial charge in [-0.15, -0.1) is 11.3 Å². The average molecular weight is 363 g/mol. The zero-order chi connectivity index (χ0) is 16.7. The molecule has 126 valence electrons. The summed E-state index contributed by atoms with van der Waals surface area (Å²) in [6.45, 7) is 2.26. The van der Waals surface area contributed by atoms with Crippen LogP contribution in [-0.2, 0) is 17.1 Å². The van der Waals surface area contributed by atoms with E-state index in [1.165, 1.54) is 11.3 Å². The van der Waals surface area contributed by atoms with Crippen molar-refractivity contribution < 1.29 is 8.42 Å². The maximum atomic E-state index is 12.9. The van der Waals surface area contributed by atoms with E-state index >= 15 is 0 Å². The molecule has 3 heterocycles. The van der Waals surface area contributed by atoms with E-state index in [0.717, 1.165) is 15.9 Å². The largest absolute Gasteiger partial charge is 0.366 e. The summed E-state index contributed by atoms with van der Waals surface area (Å²) in [4.78, 5) is 6.70. The lowest BCUT2D eigenvalue weighted by Crippen LogP contribution is -2.48. The van der Waals surface area contributed by atoms with Gasteiger partial charge in [-0.2, -0.15) is 9.40 Å². The highest BCUT2D eigenvalue weighted by Crippen LogP contribution is 2.25. The second-order valence-corrected chi connectivity index (χ2v) is 8.57. The van der Waals surface area contributed by atoms with E-state index in [4.69, 9.17) is 0 Å². The van der Waals surface area contributed by atoms with Gasteiger partial charge in [-0.3, -0.25) is 4.68 Å². The van der Waals surface area contributed by atoms with Crippen molar-refractivity contribution in [1.29, 1.82) is 0 Å². The monoisotopic (exact) mass is 363 g/mol. The highest BCUT2D eigenvalue weighted by molar-refractivity contribution is 7.89. The van der Waals surface area contributed by atoms with Crippen molar-refractivity contribution >= 4 is 37.3 Å². The van der Waals surface area contributed by atoms with E-state index in [2.05, 4.69) is 15.0 Å². The highest BCUT2D eigenvalue weighted by atomic mass is 32.2. The van der Waals surface area contributed by atoms with Crippen molar-refractivity contribution in [2.45, 2.75) is 4.90 Å². The lowest BCUT2D eigenvalue weighted by Gasteiger charge is -2.34. The number of aromatic nitrogens is 3. The second-order valence-electron chi connectivity index (χ2n) is 5.75. The number of hydrogen-bond acceptors (Lipinski definition) is 6. The molecule has 9 heteroatoms. The van der Waals surface area contributed by atoms with Crippen LogP contribution in [0.25, 0.3) is 10.2 Å². The first kappa shape index (κ1) is 15.6. The molecule has 0 radical (unpaired) electrons. The van der Waals surface area contributed by atoms with Crippen LogP contribution in [0.5, 0.6) is 0 Å². The quantitative estimate of drug-likeness (QED) is 0.706. The first-order valence-corrected chi connectivity index (χ1v) is 9.93. The van der Waals surface area contributed by atoms with E-state index in [1.807, 2.05) is 19.4 Å². The normalized spacial score (nSPS) is 16.8. The molecule has 1 saturated heterocycles. The van der Waals surface area contributed by atoms with E-state index < -0.39 is 10.0 Å². The Hall–Kier alpha value is -1.97. The zero-order valence-corrected chi connectivity index (χ0v) is 14.8. The number of fused-ring (bicyclic) bond motifs is 1. The number of anilines is 1. The Balaban J connectivity index is 1.53. The third-order valence-corrected chi connectivity index (χ3v) is 6.92. The van der Waals surface area contributed by atoms with Crippen molar-refractivity contribution in [2.24, 2.45) is 7.05 Å². The fourth-order valence-corrected chi connectivity index (χ4v) is 5.14. The second kappa shape index (κ2) is 5.83. The first-order chi connectivity index (χ1) is 11.5. The minimum atomic E-state index is -3.47. The van der Waals surface area contributed by atoms with Crippen LogP contribution in [0.2, 0.25) is 0 Å². The van der Waals surface area contributed by atoms with Gasteiger partial charge in [0.2, 0.25) is 10.0 Å². The summed E-state index contributed by atoms with van der Waals surface area (Å²) in [6.07, 6.45) is 3.75. The number of thiazole rings is 1. The Morgan fingerprint density at radius 2 is 1.96 bits per heavy atom. The predicted molar refractivity (Wildman–Crippen MR) is 93.8 cm³/mol. The molecule has 1 aliphatic heterocycles. The third-order valence-electron chi connectivity index (χ3n) is 4.24. The van der Waals surface area contributed by atoms with Crippen LogP contribution in [0.3, 0.4) is 0 Å². The van der Waals surface area contributed by atoms with Gasteiger partial charge in [-0.1, -0.05) is 0 Å². The van der Waals surface area contributed by atoms with Gasteiger partial charge in [-0.05, 0) is 18.2 Å². The van der Waals surface area contributed by atoms with Crippen LogP contribution in [0, 0.1) is 0 Å². The van der Waals surface area contributed by atoms with Crippen molar-refractivity contribution in [1.82, 2.24) is 19.1 Å². The van der Waals surface area contributed by atoms with Gasteiger partial charge in [0.15, 0.2) is 0 Å². The van der Waals surface area contributed by atoms with Crippen LogP contribution >= 0.6 is 11.3 Å². The SMILES string of the molecule is Cn1cc(N2CCN(S(=O)(=O)c3ccc4ncsc4c3)CC2)cn1. The van der Waals surface area contributed by atoms with Crippen molar-refractivity contribution in [2.75, 3.05) is 31.1 Å². The Morgan fingerprint density at radius 1 is 1.17 bits per heavy atom. The summed E-state index contributed by atoms with van der Waals surface area (Å²) in [5.74, 6) is 0. The molecule has 0 bridgehead atoms. The molecular formula is C15H17N5O2S2. The van der Waals surface area contributed by atoms with Gasteiger partial charge in [0.05, 0.1) is 32.5 Å². The molecule has 0 N–H and O–H groups in total. The molecule has 1 fully saturated rings. The number of sulfonamides is 1. The molecule has 1 aromatic carbocycles. The molecule has 3 aromatic rings. The van der Waals surface area contributed by atoms with Gasteiger partial charge in [-0.25, -0.2) is 13.4 Å². The molecule has 2 aromatic heterocycles. The van der Waals surface area contributed by atoms with Gasteiger partial charge >= 0.3 is 0 Å². The van der Waals surface area contributed by atoms with E-state index in [-0.39, 0.29) is 0 Å². The lowest BCUT2D eigenvalue weighted by atomic mass is 10.3. The molecule has 1 aliphatic rings. The molecule has 4 rings (SSSR count). The van der Waals surface area contributed by atoms with Gasteiger partial charge in [0, 0.05) is 39.4 Å². The number of benzene rings is 1. The Bertz CT molecular complexity index is 971. The molecule has 0 unspecified atom stereocenters. The Labute approximate surface area is 144 Å². The van der Waals surface area contributed by atoms with Crippen molar-refractivity contribution in [3.05, 3.63) is 36.1 Å². The number of rotatable bonds is 3. The minimum Gasteiger partial charge on any atom is -0.366 e. The summed E-state index contributed by atoms with van der Waals surface area (Å²) in [5, 5.41) is 4.17. The summed E-state index contributed by atoms with van der Waals surface area (Å²) in [7, 11) is -1.59. The summed E-state index contributed by atoms with van der Waals surface area (Å²) < 4.78 is 30.0. The lowest BCUT2D eigenvalue weighted by molar-refractivity contribution is 0.385. The topological polar surface area (TPSA) is 71.3 Å². The number of hydrogen-bond donors (Lipinski definition) is 0. The predicted octanol–water partition coefficient (Wildman–Crippen LogP) is 1.54. The molecule has 0 aliphatic carbocycles. The van der Waals surface area contributed by atoms with Crippen LogP contribution < -0.4 is 4.90 Å². The number of nitrogens with zero attached hydrogens (tertiary/aromatic N) is 5. The van der Waals surface area contributed by atoms with Crippen LogP contribution in [-0.4, -0.2) is 53.7 Å². The molecule has 24 heavy (non-hydrogen) atoms. The van der Waals surface area contributed by atoms with E-state index in [9.17, 15) is 8.42 Å². The van der Waals surface area contributed by atoms with Gasteiger partial charge < -0.3 is 4.90 Å². The number of piperazine rings is 1. The third kappa shape index (κ3) is 2.68. The van der Waals surface area contributed by atoms with Crippen molar-refractivity contribution in [3.8, 4) is 0 Å². The maximum Gasteiger partial charge on any atom is 0.243 e. The minimum absolute atomic E-state index is 0.342. The molecule has 0 amide bonds. The first-order valence-electron chi connectivity index (χ1n) is 7.61. The van der Waals surface area contributed by atoms with Crippen LogP contribution in [0.15, 0.2) is 41.0 Å². The van der Waals surface area contributed by atoms with Crippen LogP contribution in [0.1, 0.15) is 0 Å². The zero-order valence-electron chi connectivity index (χ0n) is 13.2. The standard InChI is InChI=1S/C15H17N5O2S2/c1-18-10-12(9-17-18)19-4-6-20(7-5-19)24(21,22)13-2-3-14-15(8-13)23-11-16-14/h2-3,8-11H,4-7H2,1H3. The average Bonchev–Trinajstić information content (AvgIpc) is 3.23. The van der Waals surface area contributed by atoms with Crippen molar-refractivity contribution in [3.63, 3.8) is 0 Å². The van der Waals surface area contributed by atoms with Gasteiger partial charge in [0.1, 0.15) is 0 Å². The van der Waals surface area contributed by atoms with E-state index in [0.29, 0.717) is 31.1 Å². The summed E-state index contributed by atoms with van der Waals surface area (Å²) in [6, 6.07) is 5.13. The smallest absolute Gasteiger partial charge is 0.243 e. The van der Waals surface area contributed by atoms with E-state index in [1.54, 1.807) is 32.7 Å². The highest BCUT2D eigenvalue weighted by Gasteiger charge is 2.29. The molecule has 0 spiro atoms. The van der Waals surface area contributed by atoms with Crippen LogP contribution in [0.4, 0.5) is 5.69 Å². The fourth-order valence-electron chi connectivity index (χ4n) is 2.90. The Kier molecular flexibility index (Phi) is 3.78. The molecule has 7 nitrogen and oxygen atoms in total. The maximum absolute atomic E-state index is 12.9. The fraction of sp³-hybridized carbons (Fsp3) is 0.333. The van der Waals surface area contributed by atoms with Gasteiger partial charge in [0.25, 0.3) is 0 Å². The summed E-state index contributed by atoms with van der Waals surface area (Å²) >= 11 is 1.45. The molecule has 0 saturated carbocycles. The molecular weight excluding hydrogens is 346 g/mol. The molecule has 0 atom stereocenters. The number of aryl methyl sites for hydroxylation is 1.